The van der Waals surface area contributed by atoms with E-state index in [1.54, 1.807) is 0 Å². The van der Waals surface area contributed by atoms with Crippen LogP contribution < -0.4 is 14.9 Å². The fourth-order valence-electron chi connectivity index (χ4n) is 2.48. The average molecular weight is 500 g/mol. The van der Waals surface area contributed by atoms with Gasteiger partial charge in [-0.15, -0.1) is 0 Å². The number of rotatable bonds is 8. The van der Waals surface area contributed by atoms with Crippen LogP contribution in [0.5, 0.6) is 0 Å². The first-order valence-corrected chi connectivity index (χ1v) is 11.5. The molecule has 178 valence electrons. The first-order chi connectivity index (χ1) is 15.4. The molecule has 0 heterocycles. The van der Waals surface area contributed by atoms with Crippen molar-refractivity contribution in [2.45, 2.75) is 18.7 Å². The fourth-order valence-corrected chi connectivity index (χ4v) is 3.90. The minimum Gasteiger partial charge on any atom is -0.452 e. The first kappa shape index (κ1) is 26.1. The summed E-state index contributed by atoms with van der Waals surface area (Å²) in [7, 11) is -2.86. The Morgan fingerprint density at radius 1 is 1.12 bits per heavy atom. The molecule has 0 radical (unpaired) electrons. The summed E-state index contributed by atoms with van der Waals surface area (Å²) in [6.45, 7) is 3.32. The number of hydrogen-bond acceptors (Lipinski definition) is 6. The van der Waals surface area contributed by atoms with Crippen LogP contribution in [0.3, 0.4) is 0 Å². The van der Waals surface area contributed by atoms with Crippen molar-refractivity contribution in [1.29, 1.82) is 0 Å². The lowest BCUT2D eigenvalue weighted by molar-refractivity contribution is -0.123. The minimum absolute atomic E-state index is 0.0986. The lowest BCUT2D eigenvalue weighted by Crippen LogP contribution is -2.42. The zero-order chi connectivity index (χ0) is 24.8. The number of carbonyl (C=O) groups excluding carboxylic acids is 3. The molecule has 0 bridgehead atoms. The number of halogens is 2. The fraction of sp³-hybridized carbons (Fsp3) is 0.286. The van der Waals surface area contributed by atoms with Crippen LogP contribution >= 0.6 is 11.6 Å². The van der Waals surface area contributed by atoms with Gasteiger partial charge in [0.2, 0.25) is 0 Å². The van der Waals surface area contributed by atoms with Crippen LogP contribution in [0.15, 0.2) is 47.4 Å². The summed E-state index contributed by atoms with van der Waals surface area (Å²) in [6, 6.07) is 7.46. The van der Waals surface area contributed by atoms with E-state index in [9.17, 15) is 27.2 Å². The van der Waals surface area contributed by atoms with Crippen molar-refractivity contribution in [2.24, 2.45) is 5.92 Å². The summed E-state index contributed by atoms with van der Waals surface area (Å²) in [6.07, 6.45) is 0. The maximum Gasteiger partial charge on any atom is 0.340 e. The van der Waals surface area contributed by atoms with Gasteiger partial charge in [0.1, 0.15) is 5.82 Å². The average Bonchev–Trinajstić information content (AvgIpc) is 2.76. The first-order valence-electron chi connectivity index (χ1n) is 9.70. The topological polar surface area (TPSA) is 122 Å². The summed E-state index contributed by atoms with van der Waals surface area (Å²) in [5, 5.41) is 4.37. The van der Waals surface area contributed by atoms with Crippen LogP contribution in [-0.4, -0.2) is 46.5 Å². The Balaban J connectivity index is 2.11. The van der Waals surface area contributed by atoms with Gasteiger partial charge in [0, 0.05) is 13.6 Å². The molecular weight excluding hydrogens is 477 g/mol. The maximum absolute atomic E-state index is 13.1. The summed E-state index contributed by atoms with van der Waals surface area (Å²) in [4.78, 5) is 35.5. The van der Waals surface area contributed by atoms with Crippen molar-refractivity contribution < 1.29 is 31.9 Å². The van der Waals surface area contributed by atoms with Gasteiger partial charge in [-0.05, 0) is 48.4 Å². The van der Waals surface area contributed by atoms with Crippen molar-refractivity contribution in [3.63, 3.8) is 0 Å². The van der Waals surface area contributed by atoms with Crippen LogP contribution in [0, 0.1) is 11.7 Å². The van der Waals surface area contributed by atoms with Crippen molar-refractivity contribution >= 4 is 45.2 Å². The zero-order valence-electron chi connectivity index (χ0n) is 18.1. The van der Waals surface area contributed by atoms with Crippen LogP contribution in [0.2, 0.25) is 5.02 Å². The van der Waals surface area contributed by atoms with E-state index >= 15 is 0 Å². The normalized spacial score (nSPS) is 11.1. The molecule has 0 aliphatic rings. The number of nitrogens with one attached hydrogen (secondary N) is 2. The molecule has 2 rings (SSSR count). The number of esters is 1. The molecule has 2 N–H and O–H groups in total. The van der Waals surface area contributed by atoms with Gasteiger partial charge < -0.3 is 10.1 Å². The van der Waals surface area contributed by atoms with Gasteiger partial charge in [0.15, 0.2) is 6.61 Å². The van der Waals surface area contributed by atoms with E-state index in [0.717, 1.165) is 22.5 Å². The van der Waals surface area contributed by atoms with Crippen molar-refractivity contribution in [3.8, 4) is 0 Å². The molecule has 2 aromatic carbocycles. The number of hydrogen-bond donors (Lipinski definition) is 2. The van der Waals surface area contributed by atoms with E-state index in [-0.39, 0.29) is 27.1 Å². The van der Waals surface area contributed by atoms with Gasteiger partial charge in [-0.1, -0.05) is 25.4 Å². The molecule has 2 aromatic rings. The summed E-state index contributed by atoms with van der Waals surface area (Å²) >= 11 is 6.01. The highest BCUT2D eigenvalue weighted by molar-refractivity contribution is 7.92. The molecular formula is C21H23ClFN3O6S. The van der Waals surface area contributed by atoms with Gasteiger partial charge >= 0.3 is 12.0 Å². The molecule has 9 nitrogen and oxygen atoms in total. The second-order valence-electron chi connectivity index (χ2n) is 7.32. The summed E-state index contributed by atoms with van der Waals surface area (Å²) in [5.41, 5.74) is -0.0924. The standard InChI is InChI=1S/C21H23ClFN3O6S/c1-13(2)11-24-21(29)25-19(27)12-32-20(28)17-10-16(8-9-18(17)22)33(30,31)26(3)15-6-4-14(23)5-7-15/h4-10,13H,11-12H2,1-3H3,(H2,24,25,27,29). The highest BCUT2D eigenvalue weighted by Gasteiger charge is 2.24. The Kier molecular flexibility index (Phi) is 8.77. The lowest BCUT2D eigenvalue weighted by Gasteiger charge is -2.20. The number of nitrogens with zero attached hydrogens (tertiary/aromatic N) is 1. The Hall–Kier alpha value is -3.18. The molecule has 33 heavy (non-hydrogen) atoms. The Labute approximate surface area is 195 Å². The smallest absolute Gasteiger partial charge is 0.340 e. The third-order valence-electron chi connectivity index (χ3n) is 4.26. The molecule has 0 saturated heterocycles. The second-order valence-corrected chi connectivity index (χ2v) is 9.70. The third kappa shape index (κ3) is 7.16. The van der Waals surface area contributed by atoms with Crippen molar-refractivity contribution in [3.05, 3.63) is 58.9 Å². The van der Waals surface area contributed by atoms with Gasteiger partial charge in [-0.25, -0.2) is 22.4 Å². The number of ether oxygens (including phenoxy) is 1. The molecule has 0 unspecified atom stereocenters. The number of urea groups is 1. The van der Waals surface area contributed by atoms with Crippen LogP contribution in [0.1, 0.15) is 24.2 Å². The van der Waals surface area contributed by atoms with E-state index < -0.39 is 40.4 Å². The molecule has 0 aliphatic carbocycles. The molecule has 0 fully saturated rings. The minimum atomic E-state index is -4.13. The number of amides is 3. The molecule has 3 amide bonds. The Morgan fingerprint density at radius 3 is 2.36 bits per heavy atom. The number of imide groups is 1. The van der Waals surface area contributed by atoms with E-state index in [2.05, 4.69) is 5.32 Å². The van der Waals surface area contributed by atoms with Crippen LogP contribution in [-0.2, 0) is 19.6 Å². The molecule has 0 atom stereocenters. The van der Waals surface area contributed by atoms with Crippen LogP contribution in [0.4, 0.5) is 14.9 Å². The van der Waals surface area contributed by atoms with Crippen molar-refractivity contribution in [2.75, 3.05) is 24.5 Å². The Morgan fingerprint density at radius 2 is 1.76 bits per heavy atom. The van der Waals surface area contributed by atoms with E-state index in [1.165, 1.54) is 31.3 Å². The summed E-state index contributed by atoms with van der Waals surface area (Å²) < 4.78 is 44.8. The van der Waals surface area contributed by atoms with E-state index in [1.807, 2.05) is 19.2 Å². The number of carbonyl (C=O) groups is 3. The SMILES string of the molecule is CC(C)CNC(=O)NC(=O)COC(=O)c1cc(S(=O)(=O)N(C)c2ccc(F)cc2)ccc1Cl. The largest absolute Gasteiger partial charge is 0.452 e. The molecule has 12 heteroatoms. The number of anilines is 1. The monoisotopic (exact) mass is 499 g/mol. The predicted octanol–water partition coefficient (Wildman–Crippen LogP) is 2.94. The van der Waals surface area contributed by atoms with Gasteiger partial charge in [0.05, 0.1) is 21.2 Å². The molecule has 0 spiro atoms. The maximum atomic E-state index is 13.1. The number of sulfonamides is 1. The number of benzene rings is 2. The Bertz CT molecular complexity index is 1140. The quantitative estimate of drug-likeness (QED) is 0.538. The van der Waals surface area contributed by atoms with Crippen molar-refractivity contribution in [1.82, 2.24) is 10.6 Å². The lowest BCUT2D eigenvalue weighted by atomic mass is 10.2. The molecule has 0 aromatic heterocycles. The van der Waals surface area contributed by atoms with Gasteiger partial charge in [0.25, 0.3) is 15.9 Å². The highest BCUT2D eigenvalue weighted by atomic mass is 35.5. The van der Waals surface area contributed by atoms with E-state index in [0.29, 0.717) is 6.54 Å². The third-order valence-corrected chi connectivity index (χ3v) is 6.38. The van der Waals surface area contributed by atoms with Gasteiger partial charge in [-0.3, -0.25) is 14.4 Å². The molecule has 0 aliphatic heterocycles. The van der Waals surface area contributed by atoms with Crippen LogP contribution in [0.25, 0.3) is 0 Å². The molecule has 0 saturated carbocycles. The predicted molar refractivity (Wildman–Crippen MR) is 120 cm³/mol. The zero-order valence-corrected chi connectivity index (χ0v) is 19.7. The van der Waals surface area contributed by atoms with Gasteiger partial charge in [-0.2, -0.15) is 0 Å². The highest BCUT2D eigenvalue weighted by Crippen LogP contribution is 2.26. The second kappa shape index (κ2) is 11.1. The van der Waals surface area contributed by atoms with E-state index in [4.69, 9.17) is 16.3 Å². The summed E-state index contributed by atoms with van der Waals surface area (Å²) in [5.74, 6) is -2.28.